The van der Waals surface area contributed by atoms with Crippen molar-refractivity contribution in [2.24, 2.45) is 0 Å². The second kappa shape index (κ2) is 10.6. The highest BCUT2D eigenvalue weighted by Gasteiger charge is 2.22. The molecule has 1 heterocycles. The molecule has 0 aliphatic heterocycles. The third-order valence-corrected chi connectivity index (χ3v) is 5.38. The van der Waals surface area contributed by atoms with E-state index in [0.29, 0.717) is 30.0 Å². The van der Waals surface area contributed by atoms with Crippen LogP contribution in [0.5, 0.6) is 5.75 Å². The van der Waals surface area contributed by atoms with Crippen LogP contribution < -0.4 is 10.1 Å². The molecule has 0 radical (unpaired) electrons. The second-order valence-electron chi connectivity index (χ2n) is 6.57. The van der Waals surface area contributed by atoms with E-state index in [2.05, 4.69) is 5.32 Å². The van der Waals surface area contributed by atoms with Gasteiger partial charge in [0.1, 0.15) is 16.3 Å². The van der Waals surface area contributed by atoms with Crippen LogP contribution in [0.25, 0.3) is 11.1 Å². The maximum atomic E-state index is 12.6. The molecule has 0 atom stereocenters. The number of anilines is 1. The Morgan fingerprint density at radius 3 is 2.37 bits per heavy atom. The van der Waals surface area contributed by atoms with Crippen LogP contribution in [-0.2, 0) is 16.0 Å². The molecule has 2 aromatic carbocycles. The lowest BCUT2D eigenvalue weighted by Gasteiger charge is -2.09. The minimum Gasteiger partial charge on any atom is -0.494 e. The highest BCUT2D eigenvalue weighted by Crippen LogP contribution is 2.36. The van der Waals surface area contributed by atoms with Crippen LogP contribution in [-0.4, -0.2) is 25.1 Å². The Morgan fingerprint density at radius 2 is 1.70 bits per heavy atom. The molecule has 6 heteroatoms. The van der Waals surface area contributed by atoms with Gasteiger partial charge in [0, 0.05) is 17.4 Å². The van der Waals surface area contributed by atoms with Gasteiger partial charge in [-0.3, -0.25) is 4.79 Å². The van der Waals surface area contributed by atoms with E-state index in [1.807, 2.05) is 66.9 Å². The molecule has 0 fully saturated rings. The first-order chi connectivity index (χ1) is 14.6. The molecule has 3 rings (SSSR count). The normalized spacial score (nSPS) is 10.5. The zero-order valence-electron chi connectivity index (χ0n) is 17.1. The number of hydrogen-bond acceptors (Lipinski definition) is 5. The lowest BCUT2D eigenvalue weighted by molar-refractivity contribution is -0.116. The molecular weight excluding hydrogens is 398 g/mol. The van der Waals surface area contributed by atoms with E-state index in [1.165, 1.54) is 11.3 Å². The molecule has 5 nitrogen and oxygen atoms in total. The number of benzene rings is 2. The Morgan fingerprint density at radius 1 is 0.967 bits per heavy atom. The smallest absolute Gasteiger partial charge is 0.341 e. The van der Waals surface area contributed by atoms with E-state index in [9.17, 15) is 9.59 Å². The number of thiophene rings is 1. The van der Waals surface area contributed by atoms with Gasteiger partial charge in [0.2, 0.25) is 5.91 Å². The van der Waals surface area contributed by atoms with Crippen LogP contribution in [0.4, 0.5) is 5.00 Å². The van der Waals surface area contributed by atoms with E-state index in [4.69, 9.17) is 9.47 Å². The van der Waals surface area contributed by atoms with Gasteiger partial charge < -0.3 is 14.8 Å². The first-order valence-electron chi connectivity index (χ1n) is 9.98. The van der Waals surface area contributed by atoms with Crippen LogP contribution in [0.3, 0.4) is 0 Å². The van der Waals surface area contributed by atoms with Crippen LogP contribution in [0.2, 0.25) is 0 Å². The summed E-state index contributed by atoms with van der Waals surface area (Å²) >= 11 is 1.33. The van der Waals surface area contributed by atoms with E-state index in [1.54, 1.807) is 6.92 Å². The quantitative estimate of drug-likeness (QED) is 0.458. The SMILES string of the molecule is CCOC(=O)c1c(-c2ccccc2)csc1NC(=O)CCc1ccc(OCC)cc1. The molecule has 0 aliphatic rings. The molecule has 30 heavy (non-hydrogen) atoms. The molecule has 0 bridgehead atoms. The number of carbonyl (C=O) groups excluding carboxylic acids is 2. The van der Waals surface area contributed by atoms with Gasteiger partial charge in [0.25, 0.3) is 0 Å². The average molecular weight is 424 g/mol. The van der Waals surface area contributed by atoms with Crippen molar-refractivity contribution in [2.45, 2.75) is 26.7 Å². The molecule has 1 amide bonds. The zero-order chi connectivity index (χ0) is 21.3. The Hall–Kier alpha value is -3.12. The van der Waals surface area contributed by atoms with Gasteiger partial charge in [-0.05, 0) is 43.5 Å². The number of carbonyl (C=O) groups is 2. The number of amides is 1. The van der Waals surface area contributed by atoms with E-state index >= 15 is 0 Å². The highest BCUT2D eigenvalue weighted by molar-refractivity contribution is 7.15. The Kier molecular flexibility index (Phi) is 7.63. The van der Waals surface area contributed by atoms with Crippen molar-refractivity contribution in [1.82, 2.24) is 0 Å². The van der Waals surface area contributed by atoms with Gasteiger partial charge in [0.05, 0.1) is 13.2 Å². The minimum absolute atomic E-state index is 0.143. The molecule has 0 aliphatic carbocycles. The molecule has 3 aromatic rings. The van der Waals surface area contributed by atoms with Crippen molar-refractivity contribution in [3.63, 3.8) is 0 Å². The molecule has 156 valence electrons. The number of aryl methyl sites for hydroxylation is 1. The van der Waals surface area contributed by atoms with Gasteiger partial charge in [-0.2, -0.15) is 0 Å². The zero-order valence-corrected chi connectivity index (χ0v) is 18.0. The topological polar surface area (TPSA) is 64.6 Å². The molecule has 0 saturated carbocycles. The number of hydrogen-bond donors (Lipinski definition) is 1. The van der Waals surface area contributed by atoms with Gasteiger partial charge in [-0.1, -0.05) is 42.5 Å². The number of ether oxygens (including phenoxy) is 2. The molecule has 0 spiro atoms. The van der Waals surface area contributed by atoms with Crippen molar-refractivity contribution in [1.29, 1.82) is 0 Å². The van der Waals surface area contributed by atoms with Crippen LogP contribution in [0, 0.1) is 0 Å². The van der Waals surface area contributed by atoms with Crippen LogP contribution in [0.15, 0.2) is 60.0 Å². The van der Waals surface area contributed by atoms with E-state index < -0.39 is 5.97 Å². The lowest BCUT2D eigenvalue weighted by atomic mass is 10.0. The largest absolute Gasteiger partial charge is 0.494 e. The summed E-state index contributed by atoms with van der Waals surface area (Å²) in [4.78, 5) is 25.1. The maximum absolute atomic E-state index is 12.6. The fourth-order valence-electron chi connectivity index (χ4n) is 3.05. The van der Waals surface area contributed by atoms with Gasteiger partial charge in [0.15, 0.2) is 0 Å². The molecule has 1 aromatic heterocycles. The fraction of sp³-hybridized carbons (Fsp3) is 0.250. The third kappa shape index (κ3) is 5.48. The van der Waals surface area contributed by atoms with Crippen molar-refractivity contribution in [3.8, 4) is 16.9 Å². The summed E-state index contributed by atoms with van der Waals surface area (Å²) in [6, 6.07) is 17.3. The lowest BCUT2D eigenvalue weighted by Crippen LogP contribution is -2.15. The second-order valence-corrected chi connectivity index (χ2v) is 7.44. The van der Waals surface area contributed by atoms with E-state index in [0.717, 1.165) is 22.4 Å². The predicted molar refractivity (Wildman–Crippen MR) is 120 cm³/mol. The molecule has 1 N–H and O–H groups in total. The summed E-state index contributed by atoms with van der Waals surface area (Å²) in [7, 11) is 0. The molecule has 0 unspecified atom stereocenters. The predicted octanol–water partition coefficient (Wildman–Crippen LogP) is 5.56. The summed E-state index contributed by atoms with van der Waals surface area (Å²) in [6.07, 6.45) is 0.915. The van der Waals surface area contributed by atoms with Crippen molar-refractivity contribution in [3.05, 3.63) is 71.1 Å². The van der Waals surface area contributed by atoms with Crippen LogP contribution in [0.1, 0.15) is 36.2 Å². The Balaban J connectivity index is 1.71. The number of nitrogens with one attached hydrogen (secondary N) is 1. The standard InChI is InChI=1S/C24H25NO4S/c1-3-28-19-13-10-17(11-14-19)12-15-21(26)25-23-22(24(27)29-4-2)20(16-30-23)18-8-6-5-7-9-18/h5-11,13-14,16H,3-4,12,15H2,1-2H3,(H,25,26). The average Bonchev–Trinajstić information content (AvgIpc) is 3.18. The monoisotopic (exact) mass is 423 g/mol. The van der Waals surface area contributed by atoms with Crippen LogP contribution >= 0.6 is 11.3 Å². The van der Waals surface area contributed by atoms with Gasteiger partial charge >= 0.3 is 5.97 Å². The first-order valence-corrected chi connectivity index (χ1v) is 10.9. The van der Waals surface area contributed by atoms with Gasteiger partial charge in [-0.15, -0.1) is 11.3 Å². The Labute approximate surface area is 180 Å². The highest BCUT2D eigenvalue weighted by atomic mass is 32.1. The van der Waals surface area contributed by atoms with E-state index in [-0.39, 0.29) is 12.5 Å². The summed E-state index contributed by atoms with van der Waals surface area (Å²) in [6.45, 7) is 4.60. The van der Waals surface area contributed by atoms with Gasteiger partial charge in [-0.25, -0.2) is 4.79 Å². The van der Waals surface area contributed by atoms with Crippen molar-refractivity contribution in [2.75, 3.05) is 18.5 Å². The molecule has 0 saturated heterocycles. The van der Waals surface area contributed by atoms with Crippen molar-refractivity contribution < 1.29 is 19.1 Å². The fourth-order valence-corrected chi connectivity index (χ4v) is 4.03. The Bertz CT molecular complexity index is 980. The maximum Gasteiger partial charge on any atom is 0.341 e. The first kappa shape index (κ1) is 21.6. The summed E-state index contributed by atoms with van der Waals surface area (Å²) in [5.41, 5.74) is 3.13. The van der Waals surface area contributed by atoms with Crippen molar-refractivity contribution >= 4 is 28.2 Å². The minimum atomic E-state index is -0.431. The molecular formula is C24H25NO4S. The third-order valence-electron chi connectivity index (χ3n) is 4.48. The summed E-state index contributed by atoms with van der Waals surface area (Å²) < 4.78 is 10.7. The summed E-state index contributed by atoms with van der Waals surface area (Å²) in [5.74, 6) is 0.243. The number of esters is 1. The number of rotatable bonds is 9. The summed E-state index contributed by atoms with van der Waals surface area (Å²) in [5, 5.41) is 5.29.